The van der Waals surface area contributed by atoms with Crippen LogP contribution in [0.4, 0.5) is 0 Å². The molecule has 1 aliphatic heterocycles. The van der Waals surface area contributed by atoms with Gasteiger partial charge in [0.05, 0.1) is 6.61 Å². The molecule has 1 fully saturated rings. The van der Waals surface area contributed by atoms with E-state index in [1.165, 1.54) is 0 Å². The average molecular weight is 354 g/mol. The third-order valence-corrected chi connectivity index (χ3v) is 3.21. The number of carbonyl (C=O) groups excluding carboxylic acids is 2. The van der Waals surface area contributed by atoms with Crippen molar-refractivity contribution in [3.63, 3.8) is 0 Å². The number of aliphatic hydroxyl groups excluding tert-OH is 8. The monoisotopic (exact) mass is 354 g/mol. The maximum atomic E-state index is 11.5. The summed E-state index contributed by atoms with van der Waals surface area (Å²) in [5, 5.41) is 73.9. The van der Waals surface area contributed by atoms with E-state index in [9.17, 15) is 35.1 Å². The Balaban J connectivity index is 2.70. The van der Waals surface area contributed by atoms with Crippen LogP contribution in [0.3, 0.4) is 0 Å². The van der Waals surface area contributed by atoms with Gasteiger partial charge in [-0.15, -0.1) is 0 Å². The van der Waals surface area contributed by atoms with Gasteiger partial charge in [-0.3, -0.25) is 0 Å². The number of ether oxygens (including phenoxy) is 2. The van der Waals surface area contributed by atoms with Gasteiger partial charge in [-0.1, -0.05) is 0 Å². The van der Waals surface area contributed by atoms with Gasteiger partial charge in [-0.05, 0) is 0 Å². The first-order valence-corrected chi connectivity index (χ1v) is 6.62. The van der Waals surface area contributed by atoms with Gasteiger partial charge in [-0.2, -0.15) is 0 Å². The first kappa shape index (κ1) is 20.1. The van der Waals surface area contributed by atoms with E-state index in [2.05, 4.69) is 9.47 Å². The fraction of sp³-hybridized carbons (Fsp3) is 0.667. The highest BCUT2D eigenvalue weighted by molar-refractivity contribution is 5.86. The van der Waals surface area contributed by atoms with E-state index < -0.39 is 73.3 Å². The Bertz CT molecular complexity index is 502. The topological polar surface area (TPSA) is 214 Å². The van der Waals surface area contributed by atoms with Crippen LogP contribution in [0, 0.1) is 0 Å². The predicted molar refractivity (Wildman–Crippen MR) is 70.2 cm³/mol. The summed E-state index contributed by atoms with van der Waals surface area (Å²) >= 11 is 0. The highest BCUT2D eigenvalue weighted by Crippen LogP contribution is 2.18. The zero-order chi connectivity index (χ0) is 18.6. The summed E-state index contributed by atoms with van der Waals surface area (Å²) < 4.78 is 8.95. The van der Waals surface area contributed by atoms with Crippen LogP contribution in [0.15, 0.2) is 11.5 Å². The highest BCUT2D eigenvalue weighted by Gasteiger charge is 2.44. The number of carbonyl (C=O) groups is 2. The lowest BCUT2D eigenvalue weighted by Gasteiger charge is -2.33. The third-order valence-electron chi connectivity index (χ3n) is 3.21. The number of esters is 2. The van der Waals surface area contributed by atoms with Crippen LogP contribution in [0.1, 0.15) is 0 Å². The van der Waals surface area contributed by atoms with Crippen molar-refractivity contribution >= 4 is 11.9 Å². The van der Waals surface area contributed by atoms with E-state index in [4.69, 9.17) is 15.3 Å². The Labute approximate surface area is 134 Å². The maximum absolute atomic E-state index is 11.5. The van der Waals surface area contributed by atoms with Gasteiger partial charge in [0.25, 0.3) is 0 Å². The van der Waals surface area contributed by atoms with Gasteiger partial charge >= 0.3 is 11.9 Å². The molecule has 0 bridgehead atoms. The van der Waals surface area contributed by atoms with E-state index in [1.807, 2.05) is 0 Å². The smallest absolute Gasteiger partial charge is 0.377 e. The minimum Gasteiger partial charge on any atom is -0.506 e. The Morgan fingerprint density at radius 3 is 2.29 bits per heavy atom. The lowest BCUT2D eigenvalue weighted by Crippen LogP contribution is -2.57. The summed E-state index contributed by atoms with van der Waals surface area (Å²) in [6.07, 6.45) is -11.2. The van der Waals surface area contributed by atoms with Crippen molar-refractivity contribution in [1.29, 1.82) is 0 Å². The van der Waals surface area contributed by atoms with Crippen LogP contribution < -0.4 is 0 Å². The Hall–Kier alpha value is -1.96. The zero-order valence-corrected chi connectivity index (χ0v) is 12.1. The molecule has 6 atom stereocenters. The predicted octanol–water partition coefficient (Wildman–Crippen LogP) is -4.42. The van der Waals surface area contributed by atoms with E-state index >= 15 is 0 Å². The molecule has 0 aliphatic carbocycles. The molecule has 1 aliphatic rings. The molecule has 0 radical (unpaired) electrons. The molecular weight excluding hydrogens is 336 g/mol. The summed E-state index contributed by atoms with van der Waals surface area (Å²) in [5.41, 5.74) is 0. The van der Waals surface area contributed by atoms with Gasteiger partial charge in [0.15, 0.2) is 18.0 Å². The second kappa shape index (κ2) is 8.23. The molecule has 0 aromatic rings. The molecule has 0 amide bonds. The summed E-state index contributed by atoms with van der Waals surface area (Å²) in [5.74, 6) is -5.75. The lowest BCUT2D eigenvalue weighted by atomic mass is 10.0. The van der Waals surface area contributed by atoms with Crippen LogP contribution >= 0.6 is 0 Å². The number of aliphatic hydroxyl groups is 8. The quantitative estimate of drug-likeness (QED) is 0.129. The zero-order valence-electron chi connectivity index (χ0n) is 12.1. The van der Waals surface area contributed by atoms with Crippen molar-refractivity contribution in [3.8, 4) is 0 Å². The largest absolute Gasteiger partial charge is 0.506 e. The number of cyclic esters (lactones) is 1. The van der Waals surface area contributed by atoms with E-state index in [0.29, 0.717) is 0 Å². The molecule has 12 nitrogen and oxygen atoms in total. The van der Waals surface area contributed by atoms with Gasteiger partial charge in [0, 0.05) is 0 Å². The van der Waals surface area contributed by atoms with Gasteiger partial charge in [-0.25, -0.2) is 9.59 Å². The number of hydrogen-bond donors (Lipinski definition) is 8. The first-order valence-electron chi connectivity index (χ1n) is 6.62. The van der Waals surface area contributed by atoms with Gasteiger partial charge < -0.3 is 50.3 Å². The van der Waals surface area contributed by atoms with Gasteiger partial charge in [0.2, 0.25) is 5.76 Å². The molecule has 0 spiro atoms. The summed E-state index contributed by atoms with van der Waals surface area (Å²) in [6, 6.07) is 0. The normalized spacial score (nSPS) is 30.8. The van der Waals surface area contributed by atoms with E-state index in [1.54, 1.807) is 0 Å². The minimum absolute atomic E-state index is 0.856. The lowest BCUT2D eigenvalue weighted by molar-refractivity contribution is -0.209. The summed E-state index contributed by atoms with van der Waals surface area (Å²) in [6.45, 7) is -1.83. The van der Waals surface area contributed by atoms with Gasteiger partial charge in [0.1, 0.15) is 31.0 Å². The minimum atomic E-state index is -2.17. The number of hydrogen-bond acceptors (Lipinski definition) is 12. The molecule has 12 heteroatoms. The average Bonchev–Trinajstić information content (AvgIpc) is 2.58. The first-order chi connectivity index (χ1) is 11.1. The molecule has 0 unspecified atom stereocenters. The Morgan fingerprint density at radius 1 is 1.17 bits per heavy atom. The molecule has 1 rings (SSSR count). The van der Waals surface area contributed by atoms with Crippen molar-refractivity contribution in [1.82, 2.24) is 0 Å². The van der Waals surface area contributed by atoms with Crippen LogP contribution in [0.5, 0.6) is 0 Å². The summed E-state index contributed by atoms with van der Waals surface area (Å²) in [4.78, 5) is 22.7. The van der Waals surface area contributed by atoms with Crippen LogP contribution in [0.25, 0.3) is 0 Å². The summed E-state index contributed by atoms with van der Waals surface area (Å²) in [7, 11) is 0. The molecule has 0 aromatic carbocycles. The maximum Gasteiger partial charge on any atom is 0.377 e. The van der Waals surface area contributed by atoms with Crippen molar-refractivity contribution in [2.45, 2.75) is 36.6 Å². The van der Waals surface area contributed by atoms with Crippen molar-refractivity contribution < 1.29 is 59.9 Å². The highest BCUT2D eigenvalue weighted by atomic mass is 16.6. The molecule has 0 aromatic heterocycles. The van der Waals surface area contributed by atoms with Crippen LogP contribution in [-0.4, -0.2) is 103 Å². The Kier molecular flexibility index (Phi) is 6.89. The van der Waals surface area contributed by atoms with Crippen LogP contribution in [0.2, 0.25) is 0 Å². The molecule has 1 heterocycles. The second-order valence-corrected chi connectivity index (χ2v) is 4.93. The molecule has 1 saturated heterocycles. The van der Waals surface area contributed by atoms with Crippen molar-refractivity contribution in [3.05, 3.63) is 11.5 Å². The fourth-order valence-electron chi connectivity index (χ4n) is 1.72. The molecule has 24 heavy (non-hydrogen) atoms. The molecule has 8 N–H and O–H groups in total. The number of rotatable bonds is 6. The molecular formula is C12H18O12. The second-order valence-electron chi connectivity index (χ2n) is 4.93. The van der Waals surface area contributed by atoms with Crippen LogP contribution in [-0.2, 0) is 19.1 Å². The van der Waals surface area contributed by atoms with Crippen molar-refractivity contribution in [2.75, 3.05) is 13.2 Å². The van der Waals surface area contributed by atoms with E-state index in [0.717, 1.165) is 0 Å². The standard InChI is InChI=1S/C12H18O12/c13-1-3(14)5(15)7(17)9(19)11(21)23-2-4-6(16)8(18)10(20)12(22)24-4/h3-6,8,10,13-20H,1-2H2/b9-7-/t3-,4-,5-,6-,8+,10+/m1/s1. The fourth-order valence-corrected chi connectivity index (χ4v) is 1.72. The van der Waals surface area contributed by atoms with Crippen molar-refractivity contribution in [2.24, 2.45) is 0 Å². The third kappa shape index (κ3) is 4.31. The van der Waals surface area contributed by atoms with E-state index in [-0.39, 0.29) is 0 Å². The molecule has 138 valence electrons. The Morgan fingerprint density at radius 2 is 1.75 bits per heavy atom. The SMILES string of the molecule is O=C(OC[C@H]1OC(=O)[C@@H](O)[C@@H](O)[C@@H]1O)/C(O)=C(/O)[C@H](O)[C@H](O)CO. The molecule has 0 saturated carbocycles.